The first-order valence-corrected chi connectivity index (χ1v) is 7.26. The van der Waals surface area contributed by atoms with Gasteiger partial charge in [-0.25, -0.2) is 15.5 Å². The molecule has 0 bridgehead atoms. The standard InChI is InChI=1S/C10H11N7O3S/c1-6-14-15-10(20-6)16-21(18,19)9-8(13-11)12-7-4-2-3-5-17(7)9/h2-5,13H,11H2,1H3,(H,15,16). The van der Waals surface area contributed by atoms with E-state index in [0.717, 1.165) is 0 Å². The number of nitrogen functional groups attached to an aromatic ring is 1. The Morgan fingerprint density at radius 1 is 1.33 bits per heavy atom. The molecule has 0 amide bonds. The maximum absolute atomic E-state index is 12.5. The van der Waals surface area contributed by atoms with Crippen LogP contribution in [0.4, 0.5) is 11.8 Å². The van der Waals surface area contributed by atoms with Crippen molar-refractivity contribution >= 4 is 27.5 Å². The highest BCUT2D eigenvalue weighted by Gasteiger charge is 2.26. The van der Waals surface area contributed by atoms with Crippen LogP contribution in [0.1, 0.15) is 5.89 Å². The molecule has 3 heterocycles. The van der Waals surface area contributed by atoms with Gasteiger partial charge in [-0.3, -0.25) is 4.40 Å². The number of nitrogens with one attached hydrogen (secondary N) is 2. The van der Waals surface area contributed by atoms with Crippen LogP contribution in [0, 0.1) is 6.92 Å². The monoisotopic (exact) mass is 309 g/mol. The normalized spacial score (nSPS) is 11.7. The number of anilines is 2. The quantitative estimate of drug-likeness (QED) is 0.455. The lowest BCUT2D eigenvalue weighted by atomic mass is 10.5. The fraction of sp³-hybridized carbons (Fsp3) is 0.100. The number of imidazole rings is 1. The van der Waals surface area contributed by atoms with Crippen molar-refractivity contribution in [1.82, 2.24) is 19.6 Å². The number of aromatic nitrogens is 4. The summed E-state index contributed by atoms with van der Waals surface area (Å²) in [5.41, 5.74) is 2.69. The van der Waals surface area contributed by atoms with E-state index in [2.05, 4.69) is 25.3 Å². The van der Waals surface area contributed by atoms with Crippen LogP contribution < -0.4 is 16.0 Å². The Morgan fingerprint density at radius 2 is 2.14 bits per heavy atom. The summed E-state index contributed by atoms with van der Waals surface area (Å²) in [6, 6.07) is 4.82. The predicted molar refractivity (Wildman–Crippen MR) is 72.8 cm³/mol. The van der Waals surface area contributed by atoms with Gasteiger partial charge in [0.15, 0.2) is 5.82 Å². The summed E-state index contributed by atoms with van der Waals surface area (Å²) in [4.78, 5) is 4.09. The molecule has 0 fully saturated rings. The number of pyridine rings is 1. The number of sulfonamides is 1. The molecule has 0 radical (unpaired) electrons. The average Bonchev–Trinajstić information content (AvgIpc) is 3.01. The lowest BCUT2D eigenvalue weighted by molar-refractivity contribution is 0.534. The van der Waals surface area contributed by atoms with E-state index in [-0.39, 0.29) is 22.7 Å². The molecule has 0 aliphatic carbocycles. The third-order valence-electron chi connectivity index (χ3n) is 2.63. The zero-order valence-electron chi connectivity index (χ0n) is 10.8. The van der Waals surface area contributed by atoms with Crippen LogP contribution in [0.15, 0.2) is 33.8 Å². The lowest BCUT2D eigenvalue weighted by Gasteiger charge is -2.05. The summed E-state index contributed by atoms with van der Waals surface area (Å²) >= 11 is 0. The van der Waals surface area contributed by atoms with Gasteiger partial charge in [-0.15, -0.1) is 5.10 Å². The molecule has 0 aliphatic rings. The molecule has 0 unspecified atom stereocenters. The molecule has 0 spiro atoms. The van der Waals surface area contributed by atoms with Crippen molar-refractivity contribution in [3.05, 3.63) is 30.3 Å². The number of fused-ring (bicyclic) bond motifs is 1. The Hall–Kier alpha value is -2.66. The fourth-order valence-corrected chi connectivity index (χ4v) is 3.01. The van der Waals surface area contributed by atoms with Crippen molar-refractivity contribution in [2.75, 3.05) is 10.1 Å². The Morgan fingerprint density at radius 3 is 2.81 bits per heavy atom. The number of nitrogens with zero attached hydrogens (tertiary/aromatic N) is 4. The lowest BCUT2D eigenvalue weighted by Crippen LogP contribution is -2.19. The topological polar surface area (TPSA) is 140 Å². The molecule has 0 aromatic carbocycles. The van der Waals surface area contributed by atoms with E-state index in [0.29, 0.717) is 5.65 Å². The number of rotatable bonds is 4. The molecule has 3 aromatic heterocycles. The Labute approximate surface area is 119 Å². The predicted octanol–water partition coefficient (Wildman–Crippen LogP) is 0.112. The molecular formula is C10H11N7O3S. The van der Waals surface area contributed by atoms with Crippen molar-refractivity contribution in [1.29, 1.82) is 0 Å². The van der Waals surface area contributed by atoms with E-state index in [4.69, 9.17) is 10.3 Å². The molecule has 110 valence electrons. The van der Waals surface area contributed by atoms with Gasteiger partial charge in [0, 0.05) is 13.1 Å². The van der Waals surface area contributed by atoms with Gasteiger partial charge in [0.25, 0.3) is 10.0 Å². The second kappa shape index (κ2) is 4.71. The molecule has 10 nitrogen and oxygen atoms in total. The first-order valence-electron chi connectivity index (χ1n) is 5.78. The zero-order chi connectivity index (χ0) is 15.0. The first-order chi connectivity index (χ1) is 10.0. The second-order valence-electron chi connectivity index (χ2n) is 4.07. The molecule has 0 saturated carbocycles. The van der Waals surface area contributed by atoms with E-state index < -0.39 is 10.0 Å². The minimum Gasteiger partial charge on any atom is -0.408 e. The highest BCUT2D eigenvalue weighted by atomic mass is 32.2. The summed E-state index contributed by atoms with van der Waals surface area (Å²) < 4.78 is 33.5. The third-order valence-corrected chi connectivity index (χ3v) is 3.97. The fourth-order valence-electron chi connectivity index (χ4n) is 1.83. The Balaban J connectivity index is 2.13. The molecule has 3 rings (SSSR count). The van der Waals surface area contributed by atoms with Crippen LogP contribution in [-0.4, -0.2) is 28.0 Å². The van der Waals surface area contributed by atoms with Crippen molar-refractivity contribution in [2.45, 2.75) is 11.9 Å². The smallest absolute Gasteiger partial charge is 0.329 e. The van der Waals surface area contributed by atoms with Crippen molar-refractivity contribution in [3.63, 3.8) is 0 Å². The van der Waals surface area contributed by atoms with Gasteiger partial charge in [-0.1, -0.05) is 11.2 Å². The van der Waals surface area contributed by atoms with Crippen molar-refractivity contribution < 1.29 is 12.8 Å². The van der Waals surface area contributed by atoms with E-state index in [1.165, 1.54) is 4.40 Å². The van der Waals surface area contributed by atoms with Gasteiger partial charge >= 0.3 is 6.01 Å². The molecule has 0 aliphatic heterocycles. The van der Waals surface area contributed by atoms with Gasteiger partial charge in [-0.2, -0.15) is 8.42 Å². The van der Waals surface area contributed by atoms with Gasteiger partial charge in [0.05, 0.1) is 0 Å². The number of nitrogens with two attached hydrogens (primary N) is 1. The van der Waals surface area contributed by atoms with Crippen LogP contribution in [0.5, 0.6) is 0 Å². The van der Waals surface area contributed by atoms with Crippen molar-refractivity contribution in [3.8, 4) is 0 Å². The van der Waals surface area contributed by atoms with Crippen molar-refractivity contribution in [2.24, 2.45) is 5.84 Å². The molecule has 0 saturated heterocycles. The van der Waals surface area contributed by atoms with Crippen LogP contribution in [0.25, 0.3) is 5.65 Å². The summed E-state index contributed by atoms with van der Waals surface area (Å²) in [7, 11) is -4.01. The van der Waals surface area contributed by atoms with E-state index in [9.17, 15) is 8.42 Å². The SMILES string of the molecule is Cc1nnc(NS(=O)(=O)c2c(NN)nc3ccccn23)o1. The maximum Gasteiger partial charge on any atom is 0.329 e. The minimum atomic E-state index is -4.01. The molecule has 11 heteroatoms. The Kier molecular flexibility index (Phi) is 2.99. The van der Waals surface area contributed by atoms with Crippen LogP contribution in [0.3, 0.4) is 0 Å². The molecule has 21 heavy (non-hydrogen) atoms. The van der Waals surface area contributed by atoms with Crippen LogP contribution >= 0.6 is 0 Å². The van der Waals surface area contributed by atoms with Crippen LogP contribution in [-0.2, 0) is 10.0 Å². The third kappa shape index (κ3) is 2.28. The minimum absolute atomic E-state index is 0.00457. The van der Waals surface area contributed by atoms with E-state index in [1.807, 2.05) is 0 Å². The molecule has 0 atom stereocenters. The summed E-state index contributed by atoms with van der Waals surface area (Å²) in [5, 5.41) is 6.98. The summed E-state index contributed by atoms with van der Waals surface area (Å²) in [6.07, 6.45) is 1.55. The van der Waals surface area contributed by atoms with E-state index in [1.54, 1.807) is 31.3 Å². The largest absolute Gasteiger partial charge is 0.408 e. The van der Waals surface area contributed by atoms with Gasteiger partial charge in [0.2, 0.25) is 10.9 Å². The molecular weight excluding hydrogens is 298 g/mol. The number of hydrazine groups is 1. The van der Waals surface area contributed by atoms with E-state index >= 15 is 0 Å². The second-order valence-corrected chi connectivity index (χ2v) is 5.67. The average molecular weight is 309 g/mol. The Bertz CT molecular complexity index is 898. The molecule has 4 N–H and O–H groups in total. The summed E-state index contributed by atoms with van der Waals surface area (Å²) in [5.74, 6) is 5.58. The van der Waals surface area contributed by atoms with Gasteiger partial charge in [-0.05, 0) is 12.1 Å². The van der Waals surface area contributed by atoms with Gasteiger partial charge < -0.3 is 9.84 Å². The van der Waals surface area contributed by atoms with Crippen LogP contribution in [0.2, 0.25) is 0 Å². The highest BCUT2D eigenvalue weighted by Crippen LogP contribution is 2.23. The maximum atomic E-state index is 12.5. The van der Waals surface area contributed by atoms with Gasteiger partial charge in [0.1, 0.15) is 5.65 Å². The first kappa shape index (κ1) is 13.3. The molecule has 3 aromatic rings. The number of hydrogen-bond donors (Lipinski definition) is 3. The number of hydrogen-bond acceptors (Lipinski definition) is 8. The zero-order valence-corrected chi connectivity index (χ0v) is 11.6. The highest BCUT2D eigenvalue weighted by molar-refractivity contribution is 7.92. The number of aryl methyl sites for hydroxylation is 1. The summed E-state index contributed by atoms with van der Waals surface area (Å²) in [6.45, 7) is 1.55.